The molecule has 232 valence electrons. The lowest BCUT2D eigenvalue weighted by atomic mass is 9.82. The molecule has 9 aromatic rings. The Kier molecular flexibility index (Phi) is 6.16. The Morgan fingerprint density at radius 2 is 1.10 bits per heavy atom. The summed E-state index contributed by atoms with van der Waals surface area (Å²) < 4.78 is 2.63. The van der Waals surface area contributed by atoms with E-state index in [4.69, 9.17) is 0 Å². The van der Waals surface area contributed by atoms with Gasteiger partial charge >= 0.3 is 0 Å². The maximum atomic E-state index is 2.52. The van der Waals surface area contributed by atoms with Crippen molar-refractivity contribution < 1.29 is 0 Å². The summed E-state index contributed by atoms with van der Waals surface area (Å²) >= 11 is 1.89. The third kappa shape index (κ3) is 4.17. The first-order chi connectivity index (χ1) is 24.1. The van der Waals surface area contributed by atoms with E-state index >= 15 is 0 Å². The maximum Gasteiger partial charge on any atom is 0.0554 e. The van der Waals surface area contributed by atoms with Gasteiger partial charge in [0.1, 0.15) is 0 Å². The highest BCUT2D eigenvalue weighted by Gasteiger charge is 2.38. The monoisotopic (exact) mass is 643 g/mol. The first-order valence-corrected chi connectivity index (χ1v) is 17.8. The first-order valence-electron chi connectivity index (χ1n) is 17.0. The fourth-order valence-corrected chi connectivity index (χ4v) is 9.51. The second kappa shape index (κ2) is 10.7. The Bertz CT molecular complexity index is 2740. The molecule has 10 rings (SSSR count). The molecular formula is C47H33NS. The maximum absolute atomic E-state index is 2.52. The van der Waals surface area contributed by atoms with Crippen molar-refractivity contribution in [2.75, 3.05) is 4.90 Å². The van der Waals surface area contributed by atoms with Gasteiger partial charge < -0.3 is 4.90 Å². The molecule has 8 aromatic carbocycles. The van der Waals surface area contributed by atoms with E-state index < -0.39 is 0 Å². The van der Waals surface area contributed by atoms with Crippen LogP contribution in [0.25, 0.3) is 64.0 Å². The van der Waals surface area contributed by atoms with Crippen molar-refractivity contribution in [2.24, 2.45) is 0 Å². The molecule has 0 N–H and O–H groups in total. The van der Waals surface area contributed by atoms with Crippen LogP contribution < -0.4 is 4.90 Å². The standard InChI is InChI=1S/C47H33NS/c1-47(2)39-21-9-7-18-37(39)46-40(47)22-12-23-41(46)48(32-27-25-31(26-28-32)34-20-11-14-30-13-3-4-15-33(30)34)42-29-44-45(36-17-6-5-16-35(36)42)38-19-8-10-24-43(38)49-44/h3-29H,1-2H3. The second-order valence-electron chi connectivity index (χ2n) is 13.7. The number of benzene rings is 8. The fraction of sp³-hybridized carbons (Fsp3) is 0.0638. The average Bonchev–Trinajstić information content (AvgIpc) is 3.64. The number of thiophene rings is 1. The van der Waals surface area contributed by atoms with Crippen LogP contribution in [-0.4, -0.2) is 0 Å². The molecule has 49 heavy (non-hydrogen) atoms. The number of anilines is 3. The van der Waals surface area contributed by atoms with Gasteiger partial charge in [-0.2, -0.15) is 0 Å². The predicted molar refractivity (Wildman–Crippen MR) is 212 cm³/mol. The van der Waals surface area contributed by atoms with Crippen LogP contribution >= 0.6 is 11.3 Å². The van der Waals surface area contributed by atoms with Gasteiger partial charge in [0.15, 0.2) is 0 Å². The van der Waals surface area contributed by atoms with Crippen LogP contribution in [0.1, 0.15) is 25.0 Å². The van der Waals surface area contributed by atoms with Crippen LogP contribution in [0.15, 0.2) is 164 Å². The van der Waals surface area contributed by atoms with Crippen molar-refractivity contribution >= 4 is 70.1 Å². The lowest BCUT2D eigenvalue weighted by molar-refractivity contribution is 0.660. The molecule has 0 unspecified atom stereocenters. The number of rotatable bonds is 4. The summed E-state index contributed by atoms with van der Waals surface area (Å²) in [6.07, 6.45) is 0. The van der Waals surface area contributed by atoms with Gasteiger partial charge in [-0.3, -0.25) is 0 Å². The van der Waals surface area contributed by atoms with Gasteiger partial charge in [0.25, 0.3) is 0 Å². The Morgan fingerprint density at radius 3 is 1.96 bits per heavy atom. The van der Waals surface area contributed by atoms with Crippen LogP contribution in [0.4, 0.5) is 17.1 Å². The lowest BCUT2D eigenvalue weighted by Crippen LogP contribution is -2.16. The van der Waals surface area contributed by atoms with Gasteiger partial charge in [-0.15, -0.1) is 11.3 Å². The smallest absolute Gasteiger partial charge is 0.0554 e. The Hall–Kier alpha value is -5.70. The molecular weight excluding hydrogens is 611 g/mol. The van der Waals surface area contributed by atoms with E-state index in [2.05, 4.69) is 183 Å². The van der Waals surface area contributed by atoms with E-state index in [1.165, 1.54) is 86.5 Å². The lowest BCUT2D eigenvalue weighted by Gasteiger charge is -2.30. The van der Waals surface area contributed by atoms with E-state index in [9.17, 15) is 0 Å². The van der Waals surface area contributed by atoms with E-state index in [0.717, 1.165) is 5.69 Å². The highest BCUT2D eigenvalue weighted by Crippen LogP contribution is 2.55. The number of nitrogens with zero attached hydrogens (tertiary/aromatic N) is 1. The van der Waals surface area contributed by atoms with Crippen molar-refractivity contribution in [1.82, 2.24) is 0 Å². The molecule has 0 saturated carbocycles. The molecule has 1 aromatic heterocycles. The zero-order valence-electron chi connectivity index (χ0n) is 27.4. The molecule has 0 bridgehead atoms. The minimum Gasteiger partial charge on any atom is -0.309 e. The third-order valence-electron chi connectivity index (χ3n) is 10.7. The highest BCUT2D eigenvalue weighted by atomic mass is 32.1. The minimum absolute atomic E-state index is 0.0939. The van der Waals surface area contributed by atoms with Gasteiger partial charge in [0, 0.05) is 42.2 Å². The van der Waals surface area contributed by atoms with E-state index in [1.807, 2.05) is 11.3 Å². The summed E-state index contributed by atoms with van der Waals surface area (Å²) in [6.45, 7) is 4.73. The number of hydrogen-bond donors (Lipinski definition) is 0. The van der Waals surface area contributed by atoms with E-state index in [-0.39, 0.29) is 5.41 Å². The van der Waals surface area contributed by atoms with Gasteiger partial charge in [0.05, 0.1) is 11.4 Å². The van der Waals surface area contributed by atoms with Gasteiger partial charge in [-0.05, 0) is 74.3 Å². The third-order valence-corrected chi connectivity index (χ3v) is 11.8. The quantitative estimate of drug-likeness (QED) is 0.184. The summed E-state index contributed by atoms with van der Waals surface area (Å²) in [7, 11) is 0. The Balaban J connectivity index is 1.26. The molecule has 1 aliphatic rings. The summed E-state index contributed by atoms with van der Waals surface area (Å²) in [4.78, 5) is 2.52. The summed E-state index contributed by atoms with van der Waals surface area (Å²) in [5.74, 6) is 0. The van der Waals surface area contributed by atoms with Crippen molar-refractivity contribution in [3.8, 4) is 22.3 Å². The number of fused-ring (bicyclic) bond motifs is 9. The van der Waals surface area contributed by atoms with Crippen molar-refractivity contribution in [2.45, 2.75) is 19.3 Å². The molecule has 0 spiro atoms. The molecule has 0 saturated heterocycles. The van der Waals surface area contributed by atoms with Gasteiger partial charge in [0.2, 0.25) is 0 Å². The van der Waals surface area contributed by atoms with Crippen molar-refractivity contribution in [3.05, 3.63) is 175 Å². The van der Waals surface area contributed by atoms with Crippen molar-refractivity contribution in [3.63, 3.8) is 0 Å². The molecule has 1 nitrogen and oxygen atoms in total. The predicted octanol–water partition coefficient (Wildman–Crippen LogP) is 13.8. The Morgan fingerprint density at radius 1 is 0.469 bits per heavy atom. The SMILES string of the molecule is CC1(C)c2ccccc2-c2c(N(c3ccc(-c4cccc5ccccc45)cc3)c3cc4sc5ccccc5c4c4ccccc34)cccc21. The number of hydrogen-bond acceptors (Lipinski definition) is 2. The van der Waals surface area contributed by atoms with Gasteiger partial charge in [-0.1, -0.05) is 147 Å². The molecule has 0 radical (unpaired) electrons. The molecule has 0 atom stereocenters. The van der Waals surface area contributed by atoms with Crippen LogP contribution in [0.5, 0.6) is 0 Å². The zero-order chi connectivity index (χ0) is 32.7. The normalized spacial score (nSPS) is 13.3. The van der Waals surface area contributed by atoms with Crippen LogP contribution in [0, 0.1) is 0 Å². The summed E-state index contributed by atoms with van der Waals surface area (Å²) in [6, 6.07) is 60.6. The van der Waals surface area contributed by atoms with Crippen LogP contribution in [0.2, 0.25) is 0 Å². The largest absolute Gasteiger partial charge is 0.309 e. The second-order valence-corrected chi connectivity index (χ2v) is 14.8. The summed E-state index contributed by atoms with van der Waals surface area (Å²) in [5, 5.41) is 7.74. The minimum atomic E-state index is -0.0939. The first kappa shape index (κ1) is 28.3. The summed E-state index contributed by atoms with van der Waals surface area (Å²) in [5.41, 5.74) is 11.3. The van der Waals surface area contributed by atoms with Crippen LogP contribution in [-0.2, 0) is 5.41 Å². The molecule has 1 heterocycles. The molecule has 0 amide bonds. The van der Waals surface area contributed by atoms with Crippen molar-refractivity contribution in [1.29, 1.82) is 0 Å². The molecule has 2 heteroatoms. The Labute approximate surface area is 290 Å². The van der Waals surface area contributed by atoms with E-state index in [0.29, 0.717) is 0 Å². The van der Waals surface area contributed by atoms with E-state index in [1.54, 1.807) is 0 Å². The average molecular weight is 644 g/mol. The van der Waals surface area contributed by atoms with Crippen LogP contribution in [0.3, 0.4) is 0 Å². The fourth-order valence-electron chi connectivity index (χ4n) is 8.35. The molecule has 0 aliphatic heterocycles. The highest BCUT2D eigenvalue weighted by molar-refractivity contribution is 7.26. The topological polar surface area (TPSA) is 3.24 Å². The molecule has 0 fully saturated rings. The molecule has 1 aliphatic carbocycles. The zero-order valence-corrected chi connectivity index (χ0v) is 28.3. The van der Waals surface area contributed by atoms with Gasteiger partial charge in [-0.25, -0.2) is 0 Å².